The molecule has 1 aromatic heterocycles. The van der Waals surface area contributed by atoms with Crippen molar-refractivity contribution in [1.29, 1.82) is 0 Å². The number of hydrogen-bond donors (Lipinski definition) is 1. The van der Waals surface area contributed by atoms with Crippen LogP contribution < -0.4 is 10.1 Å². The predicted molar refractivity (Wildman–Crippen MR) is 78.1 cm³/mol. The van der Waals surface area contributed by atoms with Gasteiger partial charge in [0.2, 0.25) is 5.91 Å². The molecule has 0 spiro atoms. The zero-order chi connectivity index (χ0) is 14.2. The van der Waals surface area contributed by atoms with Gasteiger partial charge < -0.3 is 10.1 Å². The zero-order valence-corrected chi connectivity index (χ0v) is 11.2. The highest BCUT2D eigenvalue weighted by Gasteiger charge is 1.98. The van der Waals surface area contributed by atoms with E-state index in [9.17, 15) is 4.79 Å². The third-order valence-electron chi connectivity index (χ3n) is 2.73. The van der Waals surface area contributed by atoms with Crippen molar-refractivity contribution in [3.63, 3.8) is 0 Å². The van der Waals surface area contributed by atoms with Crippen LogP contribution in [0.2, 0.25) is 0 Å². The first kappa shape index (κ1) is 13.8. The Morgan fingerprint density at radius 2 is 2.10 bits per heavy atom. The molecule has 4 heteroatoms. The summed E-state index contributed by atoms with van der Waals surface area (Å²) in [7, 11) is 1.62. The molecule has 0 aliphatic heterocycles. The minimum absolute atomic E-state index is 0.135. The van der Waals surface area contributed by atoms with Crippen molar-refractivity contribution in [2.45, 2.75) is 6.54 Å². The fraction of sp³-hybridized carbons (Fsp3) is 0.125. The van der Waals surface area contributed by atoms with Crippen molar-refractivity contribution in [3.05, 3.63) is 66.0 Å². The van der Waals surface area contributed by atoms with E-state index in [1.54, 1.807) is 25.6 Å². The summed E-state index contributed by atoms with van der Waals surface area (Å²) in [6.45, 7) is 0.469. The van der Waals surface area contributed by atoms with Crippen LogP contribution in [0.3, 0.4) is 0 Å². The third kappa shape index (κ3) is 4.24. The van der Waals surface area contributed by atoms with Crippen LogP contribution in [0.15, 0.2) is 54.9 Å². The number of methoxy groups -OCH3 is 1. The molecule has 2 aromatic rings. The fourth-order valence-corrected chi connectivity index (χ4v) is 1.68. The molecule has 0 bridgehead atoms. The lowest BCUT2D eigenvalue weighted by Crippen LogP contribution is -2.20. The molecule has 20 heavy (non-hydrogen) atoms. The number of carbonyl (C=O) groups is 1. The molecule has 102 valence electrons. The van der Waals surface area contributed by atoms with Gasteiger partial charge in [-0.05, 0) is 41.5 Å². The summed E-state index contributed by atoms with van der Waals surface area (Å²) in [5.41, 5.74) is 1.94. The number of rotatable bonds is 5. The van der Waals surface area contributed by atoms with Crippen LogP contribution in [-0.4, -0.2) is 18.0 Å². The van der Waals surface area contributed by atoms with Crippen molar-refractivity contribution in [3.8, 4) is 5.75 Å². The highest BCUT2D eigenvalue weighted by molar-refractivity contribution is 5.91. The van der Waals surface area contributed by atoms with Gasteiger partial charge in [-0.1, -0.05) is 12.1 Å². The number of benzene rings is 1. The quantitative estimate of drug-likeness (QED) is 0.847. The summed E-state index contributed by atoms with van der Waals surface area (Å²) in [4.78, 5) is 15.6. The number of ether oxygens (including phenoxy) is 1. The van der Waals surface area contributed by atoms with E-state index < -0.39 is 0 Å². The highest BCUT2D eigenvalue weighted by Crippen LogP contribution is 2.12. The van der Waals surface area contributed by atoms with Crippen LogP contribution in [0.1, 0.15) is 11.1 Å². The first-order chi connectivity index (χ1) is 9.78. The maximum Gasteiger partial charge on any atom is 0.244 e. The van der Waals surface area contributed by atoms with Gasteiger partial charge >= 0.3 is 0 Å². The number of amides is 1. The van der Waals surface area contributed by atoms with Crippen molar-refractivity contribution in [2.24, 2.45) is 0 Å². The molecule has 0 radical (unpaired) electrons. The largest absolute Gasteiger partial charge is 0.497 e. The lowest BCUT2D eigenvalue weighted by Gasteiger charge is -2.05. The lowest BCUT2D eigenvalue weighted by molar-refractivity contribution is -0.116. The number of nitrogens with zero attached hydrogens (tertiary/aromatic N) is 1. The summed E-state index contributed by atoms with van der Waals surface area (Å²) in [6, 6.07) is 11.3. The van der Waals surface area contributed by atoms with E-state index >= 15 is 0 Å². The van der Waals surface area contributed by atoms with Crippen molar-refractivity contribution in [2.75, 3.05) is 7.11 Å². The van der Waals surface area contributed by atoms with Crippen molar-refractivity contribution in [1.82, 2.24) is 10.3 Å². The third-order valence-corrected chi connectivity index (χ3v) is 2.73. The molecule has 1 N–H and O–H groups in total. The van der Waals surface area contributed by atoms with E-state index in [2.05, 4.69) is 10.3 Å². The number of carbonyl (C=O) groups excluding carboxylic acids is 1. The summed E-state index contributed by atoms with van der Waals surface area (Å²) >= 11 is 0. The molecular weight excluding hydrogens is 252 g/mol. The lowest BCUT2D eigenvalue weighted by atomic mass is 10.2. The molecule has 0 atom stereocenters. The Morgan fingerprint density at radius 1 is 1.30 bits per heavy atom. The molecule has 1 heterocycles. The van der Waals surface area contributed by atoms with Gasteiger partial charge in [0, 0.05) is 25.0 Å². The van der Waals surface area contributed by atoms with Crippen LogP contribution in [0.5, 0.6) is 5.75 Å². The molecular formula is C16H16N2O2. The van der Waals surface area contributed by atoms with Gasteiger partial charge in [0.25, 0.3) is 0 Å². The van der Waals surface area contributed by atoms with Crippen LogP contribution in [-0.2, 0) is 11.3 Å². The Bertz CT molecular complexity index is 594. The fourth-order valence-electron chi connectivity index (χ4n) is 1.68. The molecule has 0 unspecified atom stereocenters. The minimum Gasteiger partial charge on any atom is -0.497 e. The Kier molecular flexibility index (Phi) is 4.89. The summed E-state index contributed by atoms with van der Waals surface area (Å²) in [6.07, 6.45) is 6.64. The van der Waals surface area contributed by atoms with Gasteiger partial charge in [-0.25, -0.2) is 0 Å². The minimum atomic E-state index is -0.135. The molecule has 0 aliphatic carbocycles. The zero-order valence-electron chi connectivity index (χ0n) is 11.2. The standard InChI is InChI=1S/C16H16N2O2/c1-20-15-4-2-3-14(11-15)12-18-16(19)6-5-13-7-9-17-10-8-13/h2-11H,12H2,1H3,(H,18,19)/b6-5+. The molecule has 0 saturated heterocycles. The van der Waals surface area contributed by atoms with Crippen LogP contribution in [0, 0.1) is 0 Å². The number of nitrogens with one attached hydrogen (secondary N) is 1. The summed E-state index contributed by atoms with van der Waals surface area (Å²) in [5.74, 6) is 0.647. The Morgan fingerprint density at radius 3 is 2.85 bits per heavy atom. The monoisotopic (exact) mass is 268 g/mol. The molecule has 0 saturated carbocycles. The predicted octanol–water partition coefficient (Wildman–Crippen LogP) is 2.42. The normalized spacial score (nSPS) is 10.4. The molecule has 1 aromatic carbocycles. The number of aromatic nitrogens is 1. The van der Waals surface area contributed by atoms with E-state index in [1.165, 1.54) is 6.08 Å². The van der Waals surface area contributed by atoms with E-state index in [1.807, 2.05) is 36.4 Å². The number of pyridine rings is 1. The van der Waals surface area contributed by atoms with E-state index in [0.717, 1.165) is 16.9 Å². The van der Waals surface area contributed by atoms with Gasteiger partial charge in [-0.3, -0.25) is 9.78 Å². The Labute approximate surface area is 118 Å². The Hall–Kier alpha value is -2.62. The maximum absolute atomic E-state index is 11.7. The van der Waals surface area contributed by atoms with Gasteiger partial charge in [-0.15, -0.1) is 0 Å². The van der Waals surface area contributed by atoms with E-state index in [-0.39, 0.29) is 5.91 Å². The first-order valence-corrected chi connectivity index (χ1v) is 6.27. The van der Waals surface area contributed by atoms with E-state index in [4.69, 9.17) is 4.74 Å². The second-order valence-corrected chi connectivity index (χ2v) is 4.18. The second kappa shape index (κ2) is 7.09. The first-order valence-electron chi connectivity index (χ1n) is 6.27. The van der Waals surface area contributed by atoms with Crippen molar-refractivity contribution >= 4 is 12.0 Å². The summed E-state index contributed by atoms with van der Waals surface area (Å²) in [5, 5.41) is 2.82. The van der Waals surface area contributed by atoms with Gasteiger partial charge in [0.15, 0.2) is 0 Å². The van der Waals surface area contributed by atoms with Gasteiger partial charge in [0.1, 0.15) is 5.75 Å². The van der Waals surface area contributed by atoms with Crippen LogP contribution in [0.4, 0.5) is 0 Å². The smallest absolute Gasteiger partial charge is 0.244 e. The van der Waals surface area contributed by atoms with E-state index in [0.29, 0.717) is 6.54 Å². The highest BCUT2D eigenvalue weighted by atomic mass is 16.5. The maximum atomic E-state index is 11.7. The molecule has 0 aliphatic rings. The molecule has 0 fully saturated rings. The number of hydrogen-bond acceptors (Lipinski definition) is 3. The molecule has 1 amide bonds. The second-order valence-electron chi connectivity index (χ2n) is 4.18. The molecule has 2 rings (SSSR count). The Balaban J connectivity index is 1.87. The summed E-state index contributed by atoms with van der Waals surface area (Å²) < 4.78 is 5.13. The van der Waals surface area contributed by atoms with Gasteiger partial charge in [-0.2, -0.15) is 0 Å². The average molecular weight is 268 g/mol. The van der Waals surface area contributed by atoms with Crippen molar-refractivity contribution < 1.29 is 9.53 Å². The SMILES string of the molecule is COc1cccc(CNC(=O)/C=C/c2ccncc2)c1. The van der Waals surface area contributed by atoms with Crippen LogP contribution >= 0.6 is 0 Å². The average Bonchev–Trinajstić information content (AvgIpc) is 2.52. The van der Waals surface area contributed by atoms with Gasteiger partial charge in [0.05, 0.1) is 7.11 Å². The topological polar surface area (TPSA) is 51.2 Å². The van der Waals surface area contributed by atoms with Crippen LogP contribution in [0.25, 0.3) is 6.08 Å². The molecule has 4 nitrogen and oxygen atoms in total.